The van der Waals surface area contributed by atoms with Crippen molar-refractivity contribution in [1.82, 2.24) is 4.98 Å². The number of para-hydroxylation sites is 1. The smallest absolute Gasteiger partial charge is 0.355 e. The van der Waals surface area contributed by atoms with Crippen molar-refractivity contribution in [2.24, 2.45) is 0 Å². The number of carbonyl (C=O) groups is 2. The van der Waals surface area contributed by atoms with E-state index in [0.29, 0.717) is 16.8 Å². The number of hydrogen-bond donors (Lipinski definition) is 1. The number of aromatic nitrogens is 1. The Labute approximate surface area is 138 Å². The highest BCUT2D eigenvalue weighted by Gasteiger charge is 2.23. The van der Waals surface area contributed by atoms with Gasteiger partial charge in [-0.25, -0.2) is 14.0 Å². The zero-order valence-electron chi connectivity index (χ0n) is 13.6. The third-order valence-corrected chi connectivity index (χ3v) is 3.44. The van der Waals surface area contributed by atoms with Crippen LogP contribution >= 0.6 is 0 Å². The number of carbonyl (C=O) groups excluding carboxylic acids is 2. The number of halogens is 1. The van der Waals surface area contributed by atoms with Gasteiger partial charge in [0.05, 0.1) is 12.7 Å². The molecule has 1 N–H and O–H groups in total. The highest BCUT2D eigenvalue weighted by atomic mass is 19.1. The Hall–Kier alpha value is -2.83. The van der Waals surface area contributed by atoms with Gasteiger partial charge in [-0.05, 0) is 31.5 Å². The van der Waals surface area contributed by atoms with Crippen LogP contribution in [0.5, 0.6) is 5.75 Å². The molecule has 128 valence electrons. The standard InChI is InChI=1S/C17H18FNO5/c1-10-14(16(20)22-3)11(2)19-15(10)17(21)24-9-8-23-13-7-5-4-6-12(13)18/h4-7,19H,8-9H2,1-3H3. The van der Waals surface area contributed by atoms with E-state index in [2.05, 4.69) is 9.72 Å². The number of nitrogens with one attached hydrogen (secondary N) is 1. The highest BCUT2D eigenvalue weighted by molar-refractivity contribution is 5.98. The Balaban J connectivity index is 1.94. The molecule has 0 fully saturated rings. The van der Waals surface area contributed by atoms with Crippen LogP contribution in [0.15, 0.2) is 24.3 Å². The highest BCUT2D eigenvalue weighted by Crippen LogP contribution is 2.20. The molecule has 6 nitrogen and oxygen atoms in total. The van der Waals surface area contributed by atoms with Gasteiger partial charge in [-0.2, -0.15) is 0 Å². The van der Waals surface area contributed by atoms with Crippen LogP contribution in [0.3, 0.4) is 0 Å². The molecule has 0 aliphatic carbocycles. The van der Waals surface area contributed by atoms with Crippen molar-refractivity contribution >= 4 is 11.9 Å². The average Bonchev–Trinajstić information content (AvgIpc) is 2.87. The van der Waals surface area contributed by atoms with Gasteiger partial charge in [0.25, 0.3) is 0 Å². The molecule has 0 aliphatic heterocycles. The minimum absolute atomic E-state index is 0.00920. The van der Waals surface area contributed by atoms with Gasteiger partial charge < -0.3 is 19.2 Å². The fourth-order valence-electron chi connectivity index (χ4n) is 2.28. The molecule has 0 radical (unpaired) electrons. The fourth-order valence-corrected chi connectivity index (χ4v) is 2.28. The first-order chi connectivity index (χ1) is 11.5. The molecule has 0 unspecified atom stereocenters. The van der Waals surface area contributed by atoms with E-state index in [9.17, 15) is 14.0 Å². The van der Waals surface area contributed by atoms with Crippen LogP contribution < -0.4 is 4.74 Å². The summed E-state index contributed by atoms with van der Waals surface area (Å²) < 4.78 is 28.3. The van der Waals surface area contributed by atoms with Gasteiger partial charge in [-0.3, -0.25) is 0 Å². The number of rotatable bonds is 6. The topological polar surface area (TPSA) is 77.6 Å². The van der Waals surface area contributed by atoms with Crippen LogP contribution in [-0.2, 0) is 9.47 Å². The van der Waals surface area contributed by atoms with Gasteiger partial charge >= 0.3 is 11.9 Å². The van der Waals surface area contributed by atoms with Gasteiger partial charge in [-0.15, -0.1) is 0 Å². The second-order valence-electron chi connectivity index (χ2n) is 5.03. The largest absolute Gasteiger partial charge is 0.487 e. The van der Waals surface area contributed by atoms with Crippen molar-refractivity contribution in [3.05, 3.63) is 52.6 Å². The first kappa shape index (κ1) is 17.5. The van der Waals surface area contributed by atoms with Gasteiger partial charge in [-0.1, -0.05) is 12.1 Å². The van der Waals surface area contributed by atoms with Crippen LogP contribution in [0.25, 0.3) is 0 Å². The first-order valence-corrected chi connectivity index (χ1v) is 7.27. The van der Waals surface area contributed by atoms with Crippen LogP contribution in [0.2, 0.25) is 0 Å². The monoisotopic (exact) mass is 335 g/mol. The number of hydrogen-bond acceptors (Lipinski definition) is 5. The van der Waals surface area contributed by atoms with E-state index in [4.69, 9.17) is 9.47 Å². The third-order valence-electron chi connectivity index (χ3n) is 3.44. The molecular weight excluding hydrogens is 317 g/mol. The van der Waals surface area contributed by atoms with Gasteiger partial charge in [0, 0.05) is 5.69 Å². The van der Waals surface area contributed by atoms with Crippen LogP contribution in [0.4, 0.5) is 4.39 Å². The SMILES string of the molecule is COC(=O)c1c(C)[nH]c(C(=O)OCCOc2ccccc2F)c1C. The Bertz CT molecular complexity index is 753. The molecule has 1 aromatic heterocycles. The maximum absolute atomic E-state index is 13.4. The Morgan fingerprint density at radius 1 is 1.12 bits per heavy atom. The van der Waals surface area contributed by atoms with Crippen molar-refractivity contribution < 1.29 is 28.2 Å². The Kier molecular flexibility index (Phi) is 5.57. The molecule has 1 aromatic carbocycles. The number of esters is 2. The lowest BCUT2D eigenvalue weighted by molar-refractivity contribution is 0.0441. The van der Waals surface area contributed by atoms with E-state index in [0.717, 1.165) is 0 Å². The van der Waals surface area contributed by atoms with E-state index in [1.165, 1.54) is 19.2 Å². The summed E-state index contributed by atoms with van der Waals surface area (Å²) in [6, 6.07) is 5.96. The van der Waals surface area contributed by atoms with E-state index in [1.54, 1.807) is 26.0 Å². The maximum Gasteiger partial charge on any atom is 0.355 e. The summed E-state index contributed by atoms with van der Waals surface area (Å²) in [6.07, 6.45) is 0. The number of H-pyrrole nitrogens is 1. The summed E-state index contributed by atoms with van der Waals surface area (Å²) in [5.74, 6) is -1.54. The molecule has 2 aromatic rings. The van der Waals surface area contributed by atoms with Gasteiger partial charge in [0.2, 0.25) is 0 Å². The molecule has 0 spiro atoms. The van der Waals surface area contributed by atoms with E-state index in [-0.39, 0.29) is 24.7 Å². The second-order valence-corrected chi connectivity index (χ2v) is 5.03. The van der Waals surface area contributed by atoms with Crippen LogP contribution in [0.1, 0.15) is 32.1 Å². The molecular formula is C17H18FNO5. The van der Waals surface area contributed by atoms with Crippen LogP contribution in [0, 0.1) is 19.7 Å². The minimum atomic E-state index is -0.622. The molecule has 0 atom stereocenters. The predicted molar refractivity (Wildman–Crippen MR) is 83.8 cm³/mol. The minimum Gasteiger partial charge on any atom is -0.487 e. The Morgan fingerprint density at radius 3 is 2.50 bits per heavy atom. The van der Waals surface area contributed by atoms with E-state index < -0.39 is 17.8 Å². The number of benzene rings is 1. The first-order valence-electron chi connectivity index (χ1n) is 7.27. The van der Waals surface area contributed by atoms with Crippen molar-refractivity contribution in [3.8, 4) is 5.75 Å². The summed E-state index contributed by atoms with van der Waals surface area (Å²) in [5.41, 5.74) is 1.47. The van der Waals surface area contributed by atoms with Gasteiger partial charge in [0.15, 0.2) is 11.6 Å². The summed E-state index contributed by atoms with van der Waals surface area (Å²) >= 11 is 0. The average molecular weight is 335 g/mol. The number of methoxy groups -OCH3 is 1. The van der Waals surface area contributed by atoms with Crippen molar-refractivity contribution in [2.45, 2.75) is 13.8 Å². The lowest BCUT2D eigenvalue weighted by Gasteiger charge is -2.08. The summed E-state index contributed by atoms with van der Waals surface area (Å²) in [5, 5.41) is 0. The molecule has 0 saturated heterocycles. The molecule has 2 rings (SSSR count). The second kappa shape index (κ2) is 7.63. The Morgan fingerprint density at radius 2 is 1.83 bits per heavy atom. The zero-order valence-corrected chi connectivity index (χ0v) is 13.6. The van der Waals surface area contributed by atoms with Gasteiger partial charge in [0.1, 0.15) is 18.9 Å². The van der Waals surface area contributed by atoms with Crippen LogP contribution in [-0.4, -0.2) is 37.2 Å². The lowest BCUT2D eigenvalue weighted by atomic mass is 10.1. The third kappa shape index (κ3) is 3.73. The quantitative estimate of drug-likeness (QED) is 0.649. The van der Waals surface area contributed by atoms with Crippen molar-refractivity contribution in [1.29, 1.82) is 0 Å². The summed E-state index contributed by atoms with van der Waals surface area (Å²) in [7, 11) is 1.27. The number of ether oxygens (including phenoxy) is 3. The van der Waals surface area contributed by atoms with E-state index in [1.807, 2.05) is 0 Å². The number of aromatic amines is 1. The molecule has 0 saturated carbocycles. The van der Waals surface area contributed by atoms with E-state index >= 15 is 0 Å². The molecule has 0 amide bonds. The van der Waals surface area contributed by atoms with Crippen molar-refractivity contribution in [2.75, 3.05) is 20.3 Å². The number of aryl methyl sites for hydroxylation is 1. The maximum atomic E-state index is 13.4. The zero-order chi connectivity index (χ0) is 17.7. The lowest BCUT2D eigenvalue weighted by Crippen LogP contribution is -2.14. The molecule has 7 heteroatoms. The molecule has 0 bridgehead atoms. The fraction of sp³-hybridized carbons (Fsp3) is 0.294. The summed E-state index contributed by atoms with van der Waals surface area (Å²) in [6.45, 7) is 3.24. The molecule has 24 heavy (non-hydrogen) atoms. The molecule has 0 aliphatic rings. The summed E-state index contributed by atoms with van der Waals surface area (Å²) in [4.78, 5) is 26.6. The van der Waals surface area contributed by atoms with Crippen molar-refractivity contribution in [3.63, 3.8) is 0 Å². The normalized spacial score (nSPS) is 10.3. The molecule has 1 heterocycles. The predicted octanol–water partition coefficient (Wildman–Crippen LogP) is 2.79.